The molecule has 1 aliphatic rings. The molecule has 0 saturated carbocycles. The standard InChI is InChI=1S/C16H17N3O3S/c1-4-7-19-14-12(15(21)18(3)16(19)22)13(20)11(17-14)8-10-6-5-9(2)23-10/h5-6,8,17H,4,7H2,1-3H3/b11-8-. The summed E-state index contributed by atoms with van der Waals surface area (Å²) >= 11 is 1.56. The second-order valence-electron chi connectivity index (χ2n) is 5.48. The summed E-state index contributed by atoms with van der Waals surface area (Å²) in [5.74, 6) is -0.0546. The Morgan fingerprint density at radius 2 is 2.00 bits per heavy atom. The van der Waals surface area contributed by atoms with Crippen molar-refractivity contribution in [3.8, 4) is 0 Å². The third kappa shape index (κ3) is 2.46. The molecule has 6 nitrogen and oxygen atoms in total. The Labute approximate surface area is 136 Å². The van der Waals surface area contributed by atoms with Crippen LogP contribution in [0.5, 0.6) is 0 Å². The first-order chi connectivity index (χ1) is 10.9. The number of carbonyl (C=O) groups excluding carboxylic acids is 1. The van der Waals surface area contributed by atoms with Gasteiger partial charge >= 0.3 is 5.69 Å². The Hall–Kier alpha value is -2.41. The summed E-state index contributed by atoms with van der Waals surface area (Å²) in [7, 11) is 1.40. The summed E-state index contributed by atoms with van der Waals surface area (Å²) in [6.07, 6.45) is 2.45. The molecular weight excluding hydrogens is 314 g/mol. The van der Waals surface area contributed by atoms with Crippen LogP contribution >= 0.6 is 11.3 Å². The molecule has 0 amide bonds. The average Bonchev–Trinajstić information content (AvgIpc) is 3.06. The Bertz CT molecular complexity index is 946. The van der Waals surface area contributed by atoms with Gasteiger partial charge in [0.2, 0.25) is 5.78 Å². The first kappa shape index (κ1) is 15.5. The maximum Gasteiger partial charge on any atom is 0.332 e. The van der Waals surface area contributed by atoms with Crippen molar-refractivity contribution >= 4 is 29.0 Å². The molecule has 0 radical (unpaired) electrons. The van der Waals surface area contributed by atoms with Gasteiger partial charge in [-0.25, -0.2) is 4.79 Å². The molecule has 0 fully saturated rings. The van der Waals surface area contributed by atoms with Gasteiger partial charge < -0.3 is 5.32 Å². The van der Waals surface area contributed by atoms with E-state index < -0.39 is 11.2 Å². The number of aromatic nitrogens is 2. The van der Waals surface area contributed by atoms with E-state index in [2.05, 4.69) is 5.32 Å². The Kier molecular flexibility index (Phi) is 3.81. The van der Waals surface area contributed by atoms with Gasteiger partial charge in [0.15, 0.2) is 0 Å². The summed E-state index contributed by atoms with van der Waals surface area (Å²) < 4.78 is 2.45. The number of thiophene rings is 1. The Morgan fingerprint density at radius 3 is 2.61 bits per heavy atom. The fourth-order valence-corrected chi connectivity index (χ4v) is 3.45. The summed E-state index contributed by atoms with van der Waals surface area (Å²) in [4.78, 5) is 39.2. The SMILES string of the molecule is CCCn1c2c(c(=O)n(C)c1=O)C(=O)/C(=C/c1ccc(C)s1)N2. The van der Waals surface area contributed by atoms with E-state index in [4.69, 9.17) is 0 Å². The molecule has 3 rings (SSSR count). The van der Waals surface area contributed by atoms with Gasteiger partial charge in [0.05, 0.1) is 5.70 Å². The quantitative estimate of drug-likeness (QED) is 0.873. The molecule has 7 heteroatoms. The number of nitrogens with one attached hydrogen (secondary N) is 1. The van der Waals surface area contributed by atoms with Crippen LogP contribution in [-0.4, -0.2) is 14.9 Å². The van der Waals surface area contributed by atoms with Crippen molar-refractivity contribution in [1.29, 1.82) is 0 Å². The highest BCUT2D eigenvalue weighted by molar-refractivity contribution is 7.12. The third-order valence-corrected chi connectivity index (χ3v) is 4.71. The molecule has 23 heavy (non-hydrogen) atoms. The zero-order valence-electron chi connectivity index (χ0n) is 13.2. The van der Waals surface area contributed by atoms with Crippen LogP contribution in [0.3, 0.4) is 0 Å². The Balaban J connectivity index is 2.17. The molecule has 0 aromatic carbocycles. The number of fused-ring (bicyclic) bond motifs is 1. The van der Waals surface area contributed by atoms with Gasteiger partial charge in [-0.1, -0.05) is 6.92 Å². The largest absolute Gasteiger partial charge is 0.337 e. The van der Waals surface area contributed by atoms with Crippen LogP contribution in [0.25, 0.3) is 6.08 Å². The van der Waals surface area contributed by atoms with E-state index in [0.717, 1.165) is 20.7 Å². The number of Topliss-reactive ketones (excluding diaryl/α,β-unsaturated/α-hetero) is 1. The minimum absolute atomic E-state index is 0.0417. The average molecular weight is 331 g/mol. The molecule has 3 heterocycles. The van der Waals surface area contributed by atoms with Gasteiger partial charge in [0.25, 0.3) is 5.56 Å². The minimum atomic E-state index is -0.555. The first-order valence-corrected chi connectivity index (χ1v) is 8.19. The van der Waals surface area contributed by atoms with Crippen LogP contribution < -0.4 is 16.6 Å². The second kappa shape index (κ2) is 5.66. The van der Waals surface area contributed by atoms with Crippen molar-refractivity contribution < 1.29 is 4.79 Å². The van der Waals surface area contributed by atoms with Gasteiger partial charge in [-0.05, 0) is 31.6 Å². The molecule has 0 unspecified atom stereocenters. The highest BCUT2D eigenvalue weighted by Crippen LogP contribution is 2.27. The van der Waals surface area contributed by atoms with Crippen LogP contribution in [0.15, 0.2) is 27.4 Å². The number of anilines is 1. The highest BCUT2D eigenvalue weighted by atomic mass is 32.1. The molecule has 1 aliphatic heterocycles. The van der Waals surface area contributed by atoms with Crippen molar-refractivity contribution in [2.45, 2.75) is 26.8 Å². The lowest BCUT2D eigenvalue weighted by molar-refractivity contribution is 0.104. The molecule has 0 atom stereocenters. The van der Waals surface area contributed by atoms with E-state index in [1.165, 1.54) is 11.6 Å². The number of carbonyl (C=O) groups is 1. The molecule has 120 valence electrons. The van der Waals surface area contributed by atoms with Gasteiger partial charge in [-0.15, -0.1) is 11.3 Å². The number of hydrogen-bond donors (Lipinski definition) is 1. The third-order valence-electron chi connectivity index (χ3n) is 3.76. The summed E-state index contributed by atoms with van der Waals surface area (Å²) in [5, 5.41) is 2.97. The van der Waals surface area contributed by atoms with Crippen molar-refractivity contribution in [1.82, 2.24) is 9.13 Å². The van der Waals surface area contributed by atoms with Crippen LogP contribution in [-0.2, 0) is 13.6 Å². The van der Waals surface area contributed by atoms with Crippen molar-refractivity contribution in [3.63, 3.8) is 0 Å². The normalized spacial score (nSPS) is 15.1. The van der Waals surface area contributed by atoms with E-state index in [0.29, 0.717) is 18.1 Å². The first-order valence-electron chi connectivity index (χ1n) is 7.37. The number of hydrogen-bond acceptors (Lipinski definition) is 5. The molecular formula is C16H17N3O3S. The molecule has 0 bridgehead atoms. The lowest BCUT2D eigenvalue weighted by Crippen LogP contribution is -2.40. The van der Waals surface area contributed by atoms with Gasteiger partial charge in [0, 0.05) is 23.3 Å². The Morgan fingerprint density at radius 1 is 1.26 bits per heavy atom. The number of allylic oxidation sites excluding steroid dienone is 1. The molecule has 1 N–H and O–H groups in total. The van der Waals surface area contributed by atoms with Crippen molar-refractivity contribution in [2.24, 2.45) is 7.05 Å². The smallest absolute Gasteiger partial charge is 0.332 e. The molecule has 0 aliphatic carbocycles. The van der Waals surface area contributed by atoms with E-state index in [-0.39, 0.29) is 11.3 Å². The predicted octanol–water partition coefficient (Wildman–Crippen LogP) is 1.98. The number of nitrogens with zero attached hydrogens (tertiary/aromatic N) is 2. The van der Waals surface area contributed by atoms with Crippen LogP contribution in [0.4, 0.5) is 5.82 Å². The zero-order valence-corrected chi connectivity index (χ0v) is 14.0. The fraction of sp³-hybridized carbons (Fsp3) is 0.312. The van der Waals surface area contributed by atoms with Crippen LogP contribution in [0.1, 0.15) is 33.5 Å². The lowest BCUT2D eigenvalue weighted by Gasteiger charge is -2.11. The molecule has 0 spiro atoms. The van der Waals surface area contributed by atoms with Gasteiger partial charge in [0.1, 0.15) is 11.4 Å². The summed E-state index contributed by atoms with van der Waals surface area (Å²) in [5.41, 5.74) is -0.598. The second-order valence-corrected chi connectivity index (χ2v) is 6.80. The topological polar surface area (TPSA) is 73.1 Å². The number of rotatable bonds is 3. The number of aryl methyl sites for hydroxylation is 1. The summed E-state index contributed by atoms with van der Waals surface area (Å²) in [6.45, 7) is 4.37. The highest BCUT2D eigenvalue weighted by Gasteiger charge is 2.32. The molecule has 2 aromatic rings. The lowest BCUT2D eigenvalue weighted by atomic mass is 10.2. The van der Waals surface area contributed by atoms with Crippen LogP contribution in [0, 0.1) is 6.92 Å². The van der Waals surface area contributed by atoms with Crippen molar-refractivity contribution in [2.75, 3.05) is 5.32 Å². The monoisotopic (exact) mass is 331 g/mol. The van der Waals surface area contributed by atoms with E-state index >= 15 is 0 Å². The van der Waals surface area contributed by atoms with E-state index in [1.807, 2.05) is 26.0 Å². The van der Waals surface area contributed by atoms with Gasteiger partial charge in [-0.3, -0.25) is 18.7 Å². The zero-order chi connectivity index (χ0) is 16.7. The molecule has 2 aromatic heterocycles. The van der Waals surface area contributed by atoms with E-state index in [1.54, 1.807) is 17.4 Å². The van der Waals surface area contributed by atoms with Crippen molar-refractivity contribution in [3.05, 3.63) is 54.0 Å². The minimum Gasteiger partial charge on any atom is -0.337 e. The maximum absolute atomic E-state index is 12.6. The molecule has 0 saturated heterocycles. The maximum atomic E-state index is 12.6. The number of ketones is 1. The predicted molar refractivity (Wildman–Crippen MR) is 91.2 cm³/mol. The van der Waals surface area contributed by atoms with E-state index in [9.17, 15) is 14.4 Å². The fourth-order valence-electron chi connectivity index (χ4n) is 2.63. The van der Waals surface area contributed by atoms with Crippen LogP contribution in [0.2, 0.25) is 0 Å². The van der Waals surface area contributed by atoms with Gasteiger partial charge in [-0.2, -0.15) is 0 Å². The summed E-state index contributed by atoms with van der Waals surface area (Å²) in [6, 6.07) is 3.89.